The molecule has 1 aliphatic heterocycles. The number of nitrogens with one attached hydrogen (secondary N) is 1. The quantitative estimate of drug-likeness (QED) is 0.0820. The Bertz CT molecular complexity index is 2990. The van der Waals surface area contributed by atoms with Crippen molar-refractivity contribution in [3.8, 4) is 45.5 Å². The summed E-state index contributed by atoms with van der Waals surface area (Å²) in [5, 5.41) is 12.2. The number of aryl methyl sites for hydroxylation is 2. The number of rotatable bonds is 19. The normalized spacial score (nSPS) is 13.1. The monoisotopic (exact) mass is 975 g/mol. The molecule has 0 saturated carbocycles. The van der Waals surface area contributed by atoms with E-state index < -0.39 is 0 Å². The number of benzene rings is 4. The third kappa shape index (κ3) is 12.6. The molecule has 1 aliphatic rings. The molecule has 16 nitrogen and oxygen atoms in total. The van der Waals surface area contributed by atoms with E-state index in [0.717, 1.165) is 123 Å². The van der Waals surface area contributed by atoms with E-state index in [4.69, 9.17) is 28.9 Å². The van der Waals surface area contributed by atoms with Crippen molar-refractivity contribution in [3.63, 3.8) is 0 Å². The van der Waals surface area contributed by atoms with E-state index in [2.05, 4.69) is 117 Å². The van der Waals surface area contributed by atoms with Crippen molar-refractivity contribution in [3.05, 3.63) is 110 Å². The van der Waals surface area contributed by atoms with E-state index >= 15 is 0 Å². The van der Waals surface area contributed by atoms with E-state index in [-0.39, 0.29) is 0 Å². The summed E-state index contributed by atoms with van der Waals surface area (Å²) in [5.41, 5.74) is 11.0. The number of ether oxygens (including phenoxy) is 4. The number of hydrogen-bond donors (Lipinski definition) is 1. The van der Waals surface area contributed by atoms with Crippen molar-refractivity contribution in [2.75, 3.05) is 71.0 Å². The van der Waals surface area contributed by atoms with Gasteiger partial charge in [-0.25, -0.2) is 9.97 Å². The van der Waals surface area contributed by atoms with Crippen LogP contribution in [0.2, 0.25) is 0 Å². The van der Waals surface area contributed by atoms with Gasteiger partial charge in [0, 0.05) is 128 Å². The maximum atomic E-state index is 5.61. The van der Waals surface area contributed by atoms with Gasteiger partial charge >= 0.3 is 0 Å². The maximum absolute atomic E-state index is 5.61. The first-order valence-corrected chi connectivity index (χ1v) is 25.0. The molecule has 378 valence electrons. The zero-order valence-electron chi connectivity index (χ0n) is 43.5. The fourth-order valence-electron chi connectivity index (χ4n) is 9.08. The number of anilines is 4. The summed E-state index contributed by atoms with van der Waals surface area (Å²) in [6.45, 7) is 16.6. The molecule has 8 aromatic rings. The molecule has 4 aromatic carbocycles. The third-order valence-electron chi connectivity index (χ3n) is 13.3. The topological polar surface area (TPSA) is 146 Å². The number of fused-ring (bicyclic) bond motifs is 2. The predicted octanol–water partition coefficient (Wildman–Crippen LogP) is 10.4. The highest BCUT2D eigenvalue weighted by Crippen LogP contribution is 2.37. The van der Waals surface area contributed by atoms with Gasteiger partial charge in [-0.15, -0.1) is 0 Å². The van der Waals surface area contributed by atoms with Gasteiger partial charge in [-0.05, 0) is 95.4 Å². The number of likely N-dealkylation sites (tertiary alicyclic amines) is 1. The molecular formula is C56H70N12O4. The molecule has 0 amide bonds. The van der Waals surface area contributed by atoms with Gasteiger partial charge in [0.25, 0.3) is 0 Å². The predicted molar refractivity (Wildman–Crippen MR) is 288 cm³/mol. The average molecular weight is 975 g/mol. The summed E-state index contributed by atoms with van der Waals surface area (Å²) in [6, 6.07) is 25.5. The molecule has 9 rings (SSSR count). The van der Waals surface area contributed by atoms with Crippen molar-refractivity contribution in [1.82, 2.24) is 49.7 Å². The van der Waals surface area contributed by atoms with Crippen LogP contribution in [-0.4, -0.2) is 118 Å². The Morgan fingerprint density at radius 1 is 0.597 bits per heavy atom. The van der Waals surface area contributed by atoms with Crippen LogP contribution in [0.4, 0.5) is 22.7 Å². The number of methoxy groups -OCH3 is 4. The Labute approximate surface area is 423 Å². The van der Waals surface area contributed by atoms with Crippen LogP contribution < -0.4 is 34.1 Å². The van der Waals surface area contributed by atoms with Crippen molar-refractivity contribution >= 4 is 44.8 Å². The van der Waals surface area contributed by atoms with Gasteiger partial charge in [-0.1, -0.05) is 13.8 Å². The number of nitrogens with zero attached hydrogens (tertiary/aromatic N) is 11. The van der Waals surface area contributed by atoms with Gasteiger partial charge in [-0.3, -0.25) is 19.3 Å². The van der Waals surface area contributed by atoms with Crippen molar-refractivity contribution in [2.45, 2.75) is 72.5 Å². The molecule has 4 aromatic heterocycles. The van der Waals surface area contributed by atoms with Crippen molar-refractivity contribution < 1.29 is 18.9 Å². The minimum absolute atomic E-state index is 0.399. The Morgan fingerprint density at radius 3 is 1.54 bits per heavy atom. The van der Waals surface area contributed by atoms with Crippen LogP contribution in [0.15, 0.2) is 110 Å². The highest BCUT2D eigenvalue weighted by Gasteiger charge is 2.23. The number of piperidine rings is 1. The summed E-state index contributed by atoms with van der Waals surface area (Å²) in [4.78, 5) is 26.3. The second-order valence-electron chi connectivity index (χ2n) is 18.8. The number of hydrogen-bond acceptors (Lipinski definition) is 14. The molecule has 72 heavy (non-hydrogen) atoms. The second kappa shape index (κ2) is 23.7. The zero-order valence-corrected chi connectivity index (χ0v) is 43.5. The Kier molecular flexibility index (Phi) is 16.8. The first-order valence-electron chi connectivity index (χ1n) is 25.0. The molecule has 0 radical (unpaired) electrons. The average Bonchev–Trinajstić information content (AvgIpc) is 4.09. The molecule has 0 spiro atoms. The highest BCUT2D eigenvalue weighted by atomic mass is 16.5. The maximum Gasteiger partial charge on any atom is 0.124 e. The fourth-order valence-corrected chi connectivity index (χ4v) is 9.08. The van der Waals surface area contributed by atoms with Crippen molar-refractivity contribution in [2.24, 2.45) is 13.0 Å². The van der Waals surface area contributed by atoms with Gasteiger partial charge < -0.3 is 39.0 Å². The standard InChI is InChI=1S/C30H38N6O2.C26H32N6O2/c1-21(2)35-11-8-22(9-12-35)10-13-36(25-14-26(37-4)17-27(15-25)38-5)24-6-7-28-29(16-24)33-30(19-31-28)23-18-32-34(3)20-23;1-6-31-17-19(15-29-31)26-16-28-24-8-7-20(13-25(24)30-26)32(10-9-27-18(2)3)21-11-22(33-4)14-23(12-21)34-5/h6-7,14-22H,8-13H2,1-5H3;7-8,11-18,27H,6,9-10H2,1-5H3. The molecule has 0 atom stereocenters. The smallest absolute Gasteiger partial charge is 0.124 e. The second-order valence-corrected chi connectivity index (χ2v) is 18.8. The molecule has 16 heteroatoms. The largest absolute Gasteiger partial charge is 0.497 e. The van der Waals surface area contributed by atoms with Crippen LogP contribution in [0.5, 0.6) is 23.0 Å². The molecule has 1 saturated heterocycles. The lowest BCUT2D eigenvalue weighted by molar-refractivity contribution is 0.146. The molecular weight excluding hydrogens is 905 g/mol. The van der Waals surface area contributed by atoms with E-state index in [1.165, 1.54) is 25.9 Å². The lowest BCUT2D eigenvalue weighted by Crippen LogP contribution is -2.39. The molecule has 0 aliphatic carbocycles. The Morgan fingerprint density at radius 2 is 1.10 bits per heavy atom. The first-order chi connectivity index (χ1) is 34.9. The summed E-state index contributed by atoms with van der Waals surface area (Å²) in [5.74, 6) is 3.74. The van der Waals surface area contributed by atoms with Crippen molar-refractivity contribution in [1.29, 1.82) is 0 Å². The lowest BCUT2D eigenvalue weighted by atomic mass is 9.92. The van der Waals surface area contributed by atoms with E-state index in [0.29, 0.717) is 18.0 Å². The van der Waals surface area contributed by atoms with E-state index in [1.54, 1.807) is 39.3 Å². The molecule has 0 unspecified atom stereocenters. The summed E-state index contributed by atoms with van der Waals surface area (Å²) in [7, 11) is 8.62. The molecule has 1 N–H and O–H groups in total. The van der Waals surface area contributed by atoms with E-state index in [1.807, 2.05) is 73.0 Å². The van der Waals surface area contributed by atoms with Crippen LogP contribution in [-0.2, 0) is 13.6 Å². The summed E-state index contributed by atoms with van der Waals surface area (Å²) < 4.78 is 25.9. The van der Waals surface area contributed by atoms with Crippen LogP contribution in [0, 0.1) is 5.92 Å². The molecule has 5 heterocycles. The third-order valence-corrected chi connectivity index (χ3v) is 13.3. The minimum Gasteiger partial charge on any atom is -0.497 e. The van der Waals surface area contributed by atoms with Crippen LogP contribution in [0.25, 0.3) is 44.6 Å². The first kappa shape index (κ1) is 51.1. The van der Waals surface area contributed by atoms with Gasteiger partial charge in [0.15, 0.2) is 0 Å². The Balaban J connectivity index is 0.000000194. The minimum atomic E-state index is 0.399. The van der Waals surface area contributed by atoms with Gasteiger partial charge in [0.1, 0.15) is 23.0 Å². The summed E-state index contributed by atoms with van der Waals surface area (Å²) in [6.07, 6.45) is 14.8. The summed E-state index contributed by atoms with van der Waals surface area (Å²) >= 11 is 0. The van der Waals surface area contributed by atoms with Gasteiger partial charge in [-0.2, -0.15) is 10.2 Å². The molecule has 0 bridgehead atoms. The Hall–Kier alpha value is -7.30. The highest BCUT2D eigenvalue weighted by molar-refractivity contribution is 5.84. The lowest BCUT2D eigenvalue weighted by Gasteiger charge is -2.35. The van der Waals surface area contributed by atoms with Gasteiger partial charge in [0.05, 0.1) is 86.7 Å². The fraction of sp³-hybridized carbons (Fsp3) is 0.393. The number of aromatic nitrogens is 8. The zero-order chi connectivity index (χ0) is 50.7. The van der Waals surface area contributed by atoms with E-state index in [9.17, 15) is 0 Å². The van der Waals surface area contributed by atoms with Crippen LogP contribution in [0.3, 0.4) is 0 Å². The SMILES string of the molecule is CCn1cc(-c2cnc3ccc(N(CCNC(C)C)c4cc(OC)cc(OC)c4)cc3n2)cn1.COc1cc(OC)cc(N(CCC2CCN(C(C)C)CC2)c2ccc3ncc(-c4cnn(C)c4)nc3c2)c1. The van der Waals surface area contributed by atoms with Crippen LogP contribution in [0.1, 0.15) is 53.9 Å². The van der Waals surface area contributed by atoms with Crippen LogP contribution >= 0.6 is 0 Å². The molecule has 1 fully saturated rings. The van der Waals surface area contributed by atoms with Gasteiger partial charge in [0.2, 0.25) is 0 Å².